The Morgan fingerprint density at radius 1 is 1.24 bits per heavy atom. The Morgan fingerprint density at radius 2 is 2.00 bits per heavy atom. The van der Waals surface area contributed by atoms with E-state index in [0.29, 0.717) is 12.0 Å². The first kappa shape index (κ1) is 22.4. The minimum Gasteiger partial charge on any atom is -0.376 e. The third-order valence-corrected chi connectivity index (χ3v) is 4.80. The van der Waals surface area contributed by atoms with Crippen LogP contribution in [0.1, 0.15) is 32.6 Å². The lowest BCUT2D eigenvalue weighted by Crippen LogP contribution is -2.46. The highest BCUT2D eigenvalue weighted by Gasteiger charge is 2.23. The highest BCUT2D eigenvalue weighted by molar-refractivity contribution is 14.0. The first-order valence-corrected chi connectivity index (χ1v) is 9.18. The number of carbonyl (C=O) groups is 1. The van der Waals surface area contributed by atoms with Crippen LogP contribution in [-0.4, -0.2) is 87.2 Å². The molecule has 2 aliphatic rings. The van der Waals surface area contributed by atoms with Crippen LogP contribution in [0.15, 0.2) is 4.99 Å². The van der Waals surface area contributed by atoms with Gasteiger partial charge in [0.1, 0.15) is 6.54 Å². The summed E-state index contributed by atoms with van der Waals surface area (Å²) in [4.78, 5) is 20.3. The van der Waals surface area contributed by atoms with Crippen LogP contribution in [0.3, 0.4) is 0 Å². The molecule has 2 rings (SSSR count). The van der Waals surface area contributed by atoms with Crippen LogP contribution in [0, 0.1) is 0 Å². The summed E-state index contributed by atoms with van der Waals surface area (Å²) in [7, 11) is 3.50. The van der Waals surface area contributed by atoms with Crippen molar-refractivity contribution < 1.29 is 9.53 Å². The molecule has 2 aliphatic heterocycles. The van der Waals surface area contributed by atoms with Crippen molar-refractivity contribution in [3.63, 3.8) is 0 Å². The Bertz CT molecular complexity index is 427. The van der Waals surface area contributed by atoms with Gasteiger partial charge in [0.2, 0.25) is 5.91 Å². The number of halogens is 1. The monoisotopic (exact) mass is 467 g/mol. The molecule has 0 bridgehead atoms. The number of likely N-dealkylation sites (N-methyl/N-ethyl adjacent to an activating group) is 2. The number of guanidine groups is 1. The van der Waals surface area contributed by atoms with Crippen molar-refractivity contribution >= 4 is 35.8 Å². The van der Waals surface area contributed by atoms with Gasteiger partial charge in [0.25, 0.3) is 0 Å². The van der Waals surface area contributed by atoms with Crippen molar-refractivity contribution in [3.8, 4) is 0 Å². The van der Waals surface area contributed by atoms with Crippen LogP contribution in [0.4, 0.5) is 0 Å². The first-order valence-electron chi connectivity index (χ1n) is 9.18. The fraction of sp³-hybridized carbons (Fsp3) is 0.882. The van der Waals surface area contributed by atoms with Crippen LogP contribution in [0.25, 0.3) is 0 Å². The summed E-state index contributed by atoms with van der Waals surface area (Å²) in [6, 6.07) is 0.550. The van der Waals surface area contributed by atoms with E-state index >= 15 is 0 Å². The minimum absolute atomic E-state index is 0. The molecule has 0 radical (unpaired) electrons. The summed E-state index contributed by atoms with van der Waals surface area (Å²) < 4.78 is 5.65. The molecule has 2 unspecified atom stereocenters. The summed E-state index contributed by atoms with van der Waals surface area (Å²) in [5.74, 6) is 0.716. The maximum atomic E-state index is 11.8. The number of hydrogen-bond acceptors (Lipinski definition) is 4. The van der Waals surface area contributed by atoms with E-state index in [-0.39, 0.29) is 42.5 Å². The van der Waals surface area contributed by atoms with Crippen molar-refractivity contribution in [1.29, 1.82) is 0 Å². The summed E-state index contributed by atoms with van der Waals surface area (Å²) in [5, 5.41) is 6.75. The molecular formula is C17H34IN5O2. The van der Waals surface area contributed by atoms with Crippen molar-refractivity contribution in [1.82, 2.24) is 20.4 Å². The van der Waals surface area contributed by atoms with E-state index in [1.54, 1.807) is 19.0 Å². The second-order valence-electron chi connectivity index (χ2n) is 6.77. The molecular weight excluding hydrogens is 433 g/mol. The van der Waals surface area contributed by atoms with Gasteiger partial charge >= 0.3 is 0 Å². The third-order valence-electron chi connectivity index (χ3n) is 4.80. The molecule has 2 fully saturated rings. The van der Waals surface area contributed by atoms with Crippen LogP contribution >= 0.6 is 24.0 Å². The van der Waals surface area contributed by atoms with Crippen molar-refractivity contribution in [2.24, 2.45) is 4.99 Å². The summed E-state index contributed by atoms with van der Waals surface area (Å²) in [5.41, 5.74) is 0. The molecule has 2 heterocycles. The van der Waals surface area contributed by atoms with Crippen molar-refractivity contribution in [2.75, 3.05) is 53.4 Å². The molecule has 0 aromatic carbocycles. The van der Waals surface area contributed by atoms with E-state index in [1.165, 1.54) is 19.4 Å². The Hall–Kier alpha value is -0.610. The fourth-order valence-corrected chi connectivity index (χ4v) is 3.24. The zero-order valence-corrected chi connectivity index (χ0v) is 18.1. The quantitative estimate of drug-likeness (QED) is 0.331. The zero-order chi connectivity index (χ0) is 17.4. The highest BCUT2D eigenvalue weighted by atomic mass is 127. The normalized spacial score (nSPS) is 24.0. The first-order chi connectivity index (χ1) is 11.6. The lowest BCUT2D eigenvalue weighted by atomic mass is 10.2. The molecule has 7 nitrogen and oxygen atoms in total. The van der Waals surface area contributed by atoms with Crippen LogP contribution in [0.5, 0.6) is 0 Å². The molecule has 1 amide bonds. The van der Waals surface area contributed by atoms with E-state index < -0.39 is 0 Å². The number of nitrogens with zero attached hydrogens (tertiary/aromatic N) is 3. The summed E-state index contributed by atoms with van der Waals surface area (Å²) in [6.07, 6.45) is 4.94. The Kier molecular flexibility index (Phi) is 10.7. The van der Waals surface area contributed by atoms with E-state index in [4.69, 9.17) is 4.74 Å². The Morgan fingerprint density at radius 3 is 2.64 bits per heavy atom. The standard InChI is InChI=1S/C17H33N5O2.HI/c1-4-22-9-5-7-14(22)11-18-17(20-13-16(23)21(2)3)19-12-15-8-6-10-24-15;/h14-15H,4-13H2,1-3H3,(H2,18,19,20);1H. The highest BCUT2D eigenvalue weighted by Crippen LogP contribution is 2.15. The van der Waals surface area contributed by atoms with Crippen LogP contribution < -0.4 is 10.6 Å². The smallest absolute Gasteiger partial charge is 0.243 e. The molecule has 2 saturated heterocycles. The molecule has 146 valence electrons. The fourth-order valence-electron chi connectivity index (χ4n) is 3.24. The number of amides is 1. The lowest BCUT2D eigenvalue weighted by molar-refractivity contribution is -0.127. The predicted molar refractivity (Wildman–Crippen MR) is 112 cm³/mol. The maximum Gasteiger partial charge on any atom is 0.243 e. The van der Waals surface area contributed by atoms with Gasteiger partial charge in [0, 0.05) is 39.8 Å². The largest absolute Gasteiger partial charge is 0.376 e. The summed E-state index contributed by atoms with van der Waals surface area (Å²) in [6.45, 7) is 7.08. The van der Waals surface area contributed by atoms with Gasteiger partial charge in [0.15, 0.2) is 5.96 Å². The molecule has 0 aliphatic carbocycles. The van der Waals surface area contributed by atoms with Gasteiger partial charge < -0.3 is 20.3 Å². The second-order valence-corrected chi connectivity index (χ2v) is 6.77. The topological polar surface area (TPSA) is 69.2 Å². The molecule has 8 heteroatoms. The van der Waals surface area contributed by atoms with E-state index in [2.05, 4.69) is 27.4 Å². The molecule has 2 atom stereocenters. The molecule has 0 saturated carbocycles. The van der Waals surface area contributed by atoms with Crippen molar-refractivity contribution in [3.05, 3.63) is 0 Å². The average Bonchev–Trinajstić information content (AvgIpc) is 3.24. The Balaban J connectivity index is 0.00000312. The molecule has 0 spiro atoms. The number of aliphatic imine (C=N–C) groups is 1. The zero-order valence-electron chi connectivity index (χ0n) is 15.8. The average molecular weight is 467 g/mol. The van der Waals surface area contributed by atoms with Gasteiger partial charge in [-0.2, -0.15) is 0 Å². The molecule has 0 aromatic heterocycles. The van der Waals surface area contributed by atoms with Gasteiger partial charge in [-0.3, -0.25) is 9.69 Å². The number of hydrogen-bond donors (Lipinski definition) is 2. The van der Waals surface area contributed by atoms with E-state index in [1.807, 2.05) is 0 Å². The number of rotatable bonds is 7. The van der Waals surface area contributed by atoms with Crippen molar-refractivity contribution in [2.45, 2.75) is 44.8 Å². The molecule has 2 N–H and O–H groups in total. The number of nitrogens with one attached hydrogen (secondary N) is 2. The third kappa shape index (κ3) is 7.65. The number of likely N-dealkylation sites (tertiary alicyclic amines) is 1. The predicted octanol–water partition coefficient (Wildman–Crippen LogP) is 0.891. The van der Waals surface area contributed by atoms with Crippen LogP contribution in [-0.2, 0) is 9.53 Å². The minimum atomic E-state index is 0. The second kappa shape index (κ2) is 11.9. The van der Waals surface area contributed by atoms with Crippen LogP contribution in [0.2, 0.25) is 0 Å². The van der Waals surface area contributed by atoms with Gasteiger partial charge in [-0.1, -0.05) is 6.92 Å². The molecule has 0 aromatic rings. The SMILES string of the molecule is CCN1CCCC1CNC(=NCC(=O)N(C)C)NCC1CCCO1.I. The van der Waals surface area contributed by atoms with Gasteiger partial charge in [-0.15, -0.1) is 24.0 Å². The van der Waals surface area contributed by atoms with E-state index in [0.717, 1.165) is 39.1 Å². The lowest BCUT2D eigenvalue weighted by Gasteiger charge is -2.24. The number of ether oxygens (including phenoxy) is 1. The van der Waals surface area contributed by atoms with Gasteiger partial charge in [-0.25, -0.2) is 4.99 Å². The van der Waals surface area contributed by atoms with Gasteiger partial charge in [0.05, 0.1) is 6.10 Å². The maximum absolute atomic E-state index is 11.8. The van der Waals surface area contributed by atoms with E-state index in [9.17, 15) is 4.79 Å². The summed E-state index contributed by atoms with van der Waals surface area (Å²) >= 11 is 0. The number of carbonyl (C=O) groups excluding carboxylic acids is 1. The molecule has 25 heavy (non-hydrogen) atoms. The Labute approximate surface area is 169 Å². The van der Waals surface area contributed by atoms with Gasteiger partial charge in [-0.05, 0) is 38.8 Å².